The van der Waals surface area contributed by atoms with Crippen molar-refractivity contribution in [2.75, 3.05) is 0 Å². The van der Waals surface area contributed by atoms with Gasteiger partial charge in [-0.05, 0) is 58.9 Å². The molecule has 0 aliphatic rings. The first-order valence-corrected chi connectivity index (χ1v) is 9.69. The summed E-state index contributed by atoms with van der Waals surface area (Å²) in [6.45, 7) is 4.17. The Morgan fingerprint density at radius 1 is 1.08 bits per heavy atom. The summed E-state index contributed by atoms with van der Waals surface area (Å²) in [5.74, 6) is 1.56. The Morgan fingerprint density at radius 3 is 2.69 bits per heavy atom. The Hall–Kier alpha value is -2.58. The number of aromatic nitrogens is 6. The van der Waals surface area contributed by atoms with Gasteiger partial charge in [-0.15, -0.1) is 16.4 Å². The molecule has 0 radical (unpaired) electrons. The highest BCUT2D eigenvalue weighted by Crippen LogP contribution is 2.31. The van der Waals surface area contributed by atoms with Crippen LogP contribution < -0.4 is 0 Å². The van der Waals surface area contributed by atoms with Gasteiger partial charge in [-0.2, -0.15) is 0 Å². The maximum atomic E-state index is 4.79. The summed E-state index contributed by atoms with van der Waals surface area (Å²) in [5.41, 5.74) is 3.88. The number of aryl methyl sites for hydroxylation is 1. The fourth-order valence-electron chi connectivity index (χ4n) is 3.15. The Kier molecular flexibility index (Phi) is 3.44. The maximum absolute atomic E-state index is 4.79. The highest BCUT2D eigenvalue weighted by molar-refractivity contribution is 9.10. The van der Waals surface area contributed by atoms with Crippen LogP contribution in [0.2, 0.25) is 0 Å². The summed E-state index contributed by atoms with van der Waals surface area (Å²) >= 11 is 5.07. The van der Waals surface area contributed by atoms with Crippen LogP contribution in [0.3, 0.4) is 0 Å². The molecule has 0 fully saturated rings. The molecule has 0 atom stereocenters. The lowest BCUT2D eigenvalue weighted by molar-refractivity contribution is 0.919. The first kappa shape index (κ1) is 15.7. The number of halogens is 1. The highest BCUT2D eigenvalue weighted by atomic mass is 79.9. The zero-order valence-electron chi connectivity index (χ0n) is 14.0. The lowest BCUT2D eigenvalue weighted by atomic mass is 10.2. The molecule has 0 aliphatic carbocycles. The molecule has 0 amide bonds. The van der Waals surface area contributed by atoms with E-state index in [9.17, 15) is 0 Å². The van der Waals surface area contributed by atoms with E-state index in [0.29, 0.717) is 0 Å². The SMILES string of the molecule is Cc1c(C)n(-c2ccc(Br)cn2)c2ncn3nc(-c4cccs4)nc3c12. The number of pyridine rings is 1. The molecular formula is C18H13BrN6S. The fraction of sp³-hybridized carbons (Fsp3) is 0.111. The Labute approximate surface area is 161 Å². The van der Waals surface area contributed by atoms with Crippen molar-refractivity contribution >= 4 is 43.9 Å². The molecule has 0 saturated heterocycles. The van der Waals surface area contributed by atoms with E-state index in [1.54, 1.807) is 28.4 Å². The van der Waals surface area contributed by atoms with E-state index in [4.69, 9.17) is 4.98 Å². The normalized spacial score (nSPS) is 11.7. The molecule has 0 unspecified atom stereocenters. The summed E-state index contributed by atoms with van der Waals surface area (Å²) in [4.78, 5) is 15.0. The summed E-state index contributed by atoms with van der Waals surface area (Å²) in [6.07, 6.45) is 3.51. The lowest BCUT2D eigenvalue weighted by Crippen LogP contribution is -2.01. The van der Waals surface area contributed by atoms with Gasteiger partial charge < -0.3 is 0 Å². The third-order valence-corrected chi connectivity index (χ3v) is 5.85. The van der Waals surface area contributed by atoms with Gasteiger partial charge in [0.2, 0.25) is 0 Å². The van der Waals surface area contributed by atoms with E-state index >= 15 is 0 Å². The van der Waals surface area contributed by atoms with Gasteiger partial charge >= 0.3 is 0 Å². The van der Waals surface area contributed by atoms with Crippen LogP contribution in [0.5, 0.6) is 0 Å². The molecule has 0 aliphatic heterocycles. The van der Waals surface area contributed by atoms with Crippen molar-refractivity contribution in [2.24, 2.45) is 0 Å². The van der Waals surface area contributed by atoms with Crippen molar-refractivity contribution in [3.63, 3.8) is 0 Å². The number of hydrogen-bond donors (Lipinski definition) is 0. The van der Waals surface area contributed by atoms with Gasteiger partial charge in [0.05, 0.1) is 10.3 Å². The second kappa shape index (κ2) is 5.72. The summed E-state index contributed by atoms with van der Waals surface area (Å²) < 4.78 is 4.76. The molecule has 6 nitrogen and oxygen atoms in total. The van der Waals surface area contributed by atoms with Crippen LogP contribution >= 0.6 is 27.3 Å². The minimum absolute atomic E-state index is 0.723. The van der Waals surface area contributed by atoms with Crippen molar-refractivity contribution in [1.29, 1.82) is 0 Å². The predicted molar refractivity (Wildman–Crippen MR) is 106 cm³/mol. The third kappa shape index (κ3) is 2.22. The van der Waals surface area contributed by atoms with Gasteiger partial charge in [0.1, 0.15) is 12.1 Å². The molecule has 8 heteroatoms. The summed E-state index contributed by atoms with van der Waals surface area (Å²) in [6, 6.07) is 7.99. The lowest BCUT2D eigenvalue weighted by Gasteiger charge is -2.06. The van der Waals surface area contributed by atoms with E-state index < -0.39 is 0 Å². The van der Waals surface area contributed by atoms with Gasteiger partial charge in [0.15, 0.2) is 17.1 Å². The zero-order valence-corrected chi connectivity index (χ0v) is 16.4. The quantitative estimate of drug-likeness (QED) is 0.416. The van der Waals surface area contributed by atoms with Crippen LogP contribution in [0.4, 0.5) is 0 Å². The zero-order chi connectivity index (χ0) is 17.8. The fourth-order valence-corrected chi connectivity index (χ4v) is 4.04. The van der Waals surface area contributed by atoms with Gasteiger partial charge in [0, 0.05) is 16.4 Å². The molecule has 0 bridgehead atoms. The van der Waals surface area contributed by atoms with Crippen LogP contribution in [0.1, 0.15) is 11.3 Å². The smallest absolute Gasteiger partial charge is 0.192 e. The monoisotopic (exact) mass is 424 g/mol. The van der Waals surface area contributed by atoms with E-state index in [1.807, 2.05) is 29.6 Å². The molecular weight excluding hydrogens is 412 g/mol. The van der Waals surface area contributed by atoms with Crippen LogP contribution in [0.15, 0.2) is 46.6 Å². The highest BCUT2D eigenvalue weighted by Gasteiger charge is 2.19. The van der Waals surface area contributed by atoms with Crippen molar-refractivity contribution in [2.45, 2.75) is 13.8 Å². The molecule has 0 aromatic carbocycles. The van der Waals surface area contributed by atoms with E-state index in [1.165, 1.54) is 0 Å². The Bertz CT molecular complexity index is 1250. The Balaban J connectivity index is 1.82. The van der Waals surface area contributed by atoms with E-state index in [2.05, 4.69) is 49.4 Å². The van der Waals surface area contributed by atoms with Crippen LogP contribution in [0, 0.1) is 13.8 Å². The first-order chi connectivity index (χ1) is 12.6. The van der Waals surface area contributed by atoms with Crippen LogP contribution in [-0.4, -0.2) is 29.1 Å². The molecule has 128 valence electrons. The molecule has 5 heterocycles. The maximum Gasteiger partial charge on any atom is 0.192 e. The number of thiophene rings is 1. The second-order valence-corrected chi connectivity index (χ2v) is 7.87. The molecule has 26 heavy (non-hydrogen) atoms. The predicted octanol–water partition coefficient (Wildman–Crippen LogP) is 4.57. The first-order valence-electron chi connectivity index (χ1n) is 8.02. The van der Waals surface area contributed by atoms with E-state index in [-0.39, 0.29) is 0 Å². The number of hydrogen-bond acceptors (Lipinski definition) is 5. The number of rotatable bonds is 2. The molecule has 5 rings (SSSR count). The van der Waals surface area contributed by atoms with Crippen LogP contribution in [0.25, 0.3) is 33.2 Å². The number of fused-ring (bicyclic) bond motifs is 3. The van der Waals surface area contributed by atoms with Crippen molar-refractivity contribution in [3.05, 3.63) is 57.9 Å². The average molecular weight is 425 g/mol. The topological polar surface area (TPSA) is 60.9 Å². The minimum Gasteiger partial charge on any atom is -0.282 e. The minimum atomic E-state index is 0.723. The molecule has 5 aromatic heterocycles. The van der Waals surface area contributed by atoms with Crippen molar-refractivity contribution in [3.8, 4) is 16.5 Å². The summed E-state index contributed by atoms with van der Waals surface area (Å²) in [5, 5.41) is 7.62. The average Bonchev–Trinajstić information content (AvgIpc) is 3.35. The van der Waals surface area contributed by atoms with Gasteiger partial charge in [-0.3, -0.25) is 4.57 Å². The van der Waals surface area contributed by atoms with Gasteiger partial charge in [0.25, 0.3) is 0 Å². The van der Waals surface area contributed by atoms with Crippen molar-refractivity contribution < 1.29 is 0 Å². The van der Waals surface area contributed by atoms with Crippen molar-refractivity contribution in [1.82, 2.24) is 29.1 Å². The van der Waals surface area contributed by atoms with Crippen LogP contribution in [-0.2, 0) is 0 Å². The Morgan fingerprint density at radius 2 is 1.96 bits per heavy atom. The third-order valence-electron chi connectivity index (χ3n) is 4.52. The molecule has 0 spiro atoms. The standard InChI is InChI=1S/C18H13BrN6S/c1-10-11(2)25(14-6-5-12(19)8-20-14)17-15(10)18-22-16(13-4-3-7-26-13)23-24(18)9-21-17/h3-9H,1-2H3. The molecule has 5 aromatic rings. The summed E-state index contributed by atoms with van der Waals surface area (Å²) in [7, 11) is 0. The molecule has 0 saturated carbocycles. The largest absolute Gasteiger partial charge is 0.282 e. The number of nitrogens with zero attached hydrogens (tertiary/aromatic N) is 6. The second-order valence-electron chi connectivity index (χ2n) is 6.00. The van der Waals surface area contributed by atoms with Gasteiger partial charge in [-0.25, -0.2) is 19.5 Å². The van der Waals surface area contributed by atoms with Gasteiger partial charge in [-0.1, -0.05) is 6.07 Å². The van der Waals surface area contributed by atoms with E-state index in [0.717, 1.165) is 48.9 Å². The molecule has 0 N–H and O–H groups in total.